The minimum absolute atomic E-state index is 0.268. The number of ether oxygens (including phenoxy) is 3. The number of benzene rings is 2. The Morgan fingerprint density at radius 3 is 2.56 bits per heavy atom. The third-order valence-corrected chi connectivity index (χ3v) is 6.41. The van der Waals surface area contributed by atoms with Crippen molar-refractivity contribution in [2.24, 2.45) is 0 Å². The number of hydrogen-bond acceptors (Lipinski definition) is 8. The van der Waals surface area contributed by atoms with Crippen molar-refractivity contribution in [1.82, 2.24) is 20.0 Å². The molecule has 1 aliphatic rings. The predicted molar refractivity (Wildman–Crippen MR) is 139 cm³/mol. The molecule has 0 amide bonds. The quantitative estimate of drug-likeness (QED) is 0.431. The van der Waals surface area contributed by atoms with Crippen LogP contribution in [0.5, 0.6) is 17.4 Å². The smallest absolute Gasteiger partial charge is 0.257 e. The zero-order valence-corrected chi connectivity index (χ0v) is 21.5. The van der Waals surface area contributed by atoms with Gasteiger partial charge in [-0.25, -0.2) is 4.39 Å². The lowest BCUT2D eigenvalue weighted by Crippen LogP contribution is -2.45. The molecule has 3 aromatic rings. The minimum atomic E-state index is -0.430. The number of nitrogens with one attached hydrogen (secondary N) is 1. The van der Waals surface area contributed by atoms with Crippen LogP contribution in [0.25, 0.3) is 11.3 Å². The van der Waals surface area contributed by atoms with Gasteiger partial charge in [-0.15, -0.1) is 10.2 Å². The second-order valence-corrected chi connectivity index (χ2v) is 9.03. The first-order chi connectivity index (χ1) is 17.5. The molecule has 1 aromatic heterocycles. The highest BCUT2D eigenvalue weighted by atomic mass is 35.5. The number of methoxy groups -OCH3 is 2. The minimum Gasteiger partial charge on any atom is -0.497 e. The Morgan fingerprint density at radius 2 is 1.81 bits per heavy atom. The van der Waals surface area contributed by atoms with Gasteiger partial charge in [0, 0.05) is 61.5 Å². The van der Waals surface area contributed by atoms with E-state index >= 15 is 0 Å². The molecule has 10 heteroatoms. The van der Waals surface area contributed by atoms with Crippen molar-refractivity contribution in [2.45, 2.75) is 6.54 Å². The molecule has 1 saturated heterocycles. The number of likely N-dealkylation sites (N-methyl/N-ethyl adjacent to an activating group) is 1. The van der Waals surface area contributed by atoms with Gasteiger partial charge in [-0.05, 0) is 43.4 Å². The van der Waals surface area contributed by atoms with Crippen LogP contribution in [-0.2, 0) is 6.54 Å². The molecule has 0 unspecified atom stereocenters. The van der Waals surface area contributed by atoms with Crippen molar-refractivity contribution in [2.75, 3.05) is 65.9 Å². The molecule has 0 atom stereocenters. The molecule has 0 spiro atoms. The number of piperazine rings is 1. The Balaban J connectivity index is 1.54. The van der Waals surface area contributed by atoms with Crippen LogP contribution >= 0.6 is 11.6 Å². The molecular formula is C26H31ClFN5O3. The maximum absolute atomic E-state index is 14.5. The largest absolute Gasteiger partial charge is 0.497 e. The molecule has 1 aliphatic heterocycles. The summed E-state index contributed by atoms with van der Waals surface area (Å²) in [6.07, 6.45) is 0. The zero-order valence-electron chi connectivity index (χ0n) is 20.8. The van der Waals surface area contributed by atoms with E-state index in [9.17, 15) is 4.39 Å². The Morgan fingerprint density at radius 1 is 1.00 bits per heavy atom. The van der Waals surface area contributed by atoms with Crippen molar-refractivity contribution in [3.8, 4) is 28.6 Å². The molecule has 2 aromatic carbocycles. The van der Waals surface area contributed by atoms with Crippen LogP contribution in [0.2, 0.25) is 5.02 Å². The van der Waals surface area contributed by atoms with Crippen molar-refractivity contribution in [3.63, 3.8) is 0 Å². The first-order valence-corrected chi connectivity index (χ1v) is 12.2. The zero-order chi connectivity index (χ0) is 25.5. The van der Waals surface area contributed by atoms with Crippen LogP contribution in [-0.4, -0.2) is 80.6 Å². The number of halogens is 2. The monoisotopic (exact) mass is 515 g/mol. The van der Waals surface area contributed by atoms with Gasteiger partial charge >= 0.3 is 0 Å². The van der Waals surface area contributed by atoms with Gasteiger partial charge in [0.25, 0.3) is 5.88 Å². The Labute approximate surface area is 215 Å². The average molecular weight is 516 g/mol. The summed E-state index contributed by atoms with van der Waals surface area (Å²) in [6, 6.07) is 11.7. The highest BCUT2D eigenvalue weighted by Gasteiger charge is 2.17. The van der Waals surface area contributed by atoms with E-state index in [-0.39, 0.29) is 5.56 Å². The number of hydrogen-bond donors (Lipinski definition) is 1. The third-order valence-electron chi connectivity index (χ3n) is 6.17. The fourth-order valence-corrected chi connectivity index (χ4v) is 4.14. The fourth-order valence-electron chi connectivity index (χ4n) is 3.97. The van der Waals surface area contributed by atoms with Crippen molar-refractivity contribution < 1.29 is 18.6 Å². The van der Waals surface area contributed by atoms with Crippen LogP contribution in [0.3, 0.4) is 0 Å². The lowest BCUT2D eigenvalue weighted by Gasteiger charge is -2.32. The molecule has 1 N–H and O–H groups in total. The molecule has 0 radical (unpaired) electrons. The van der Waals surface area contributed by atoms with Gasteiger partial charge in [0.05, 0.1) is 19.9 Å². The SMILES string of the molecule is COc1ccc(CNc2cc(-c3cc(Cl)ccc3F)nnc2OCCN2CCN(C)CC2)c(OC)c1. The summed E-state index contributed by atoms with van der Waals surface area (Å²) < 4.78 is 31.4. The van der Waals surface area contributed by atoms with E-state index in [0.29, 0.717) is 46.9 Å². The van der Waals surface area contributed by atoms with Gasteiger partial charge in [-0.1, -0.05) is 11.6 Å². The van der Waals surface area contributed by atoms with Crippen LogP contribution in [0.15, 0.2) is 42.5 Å². The van der Waals surface area contributed by atoms with Crippen molar-refractivity contribution in [3.05, 3.63) is 58.9 Å². The molecule has 36 heavy (non-hydrogen) atoms. The maximum Gasteiger partial charge on any atom is 0.257 e. The predicted octanol–water partition coefficient (Wildman–Crippen LogP) is 4.19. The highest BCUT2D eigenvalue weighted by Crippen LogP contribution is 2.31. The second kappa shape index (κ2) is 12.2. The summed E-state index contributed by atoms with van der Waals surface area (Å²) >= 11 is 6.10. The number of anilines is 1. The topological polar surface area (TPSA) is 72.0 Å². The maximum atomic E-state index is 14.5. The summed E-state index contributed by atoms with van der Waals surface area (Å²) in [7, 11) is 5.35. The van der Waals surface area contributed by atoms with E-state index in [1.807, 2.05) is 18.2 Å². The van der Waals surface area contributed by atoms with E-state index < -0.39 is 5.82 Å². The van der Waals surface area contributed by atoms with Gasteiger partial charge in [0.1, 0.15) is 29.6 Å². The van der Waals surface area contributed by atoms with Crippen LogP contribution in [0, 0.1) is 5.82 Å². The summed E-state index contributed by atoms with van der Waals surface area (Å²) in [6.45, 7) is 5.75. The lowest BCUT2D eigenvalue weighted by molar-refractivity contribution is 0.132. The summed E-state index contributed by atoms with van der Waals surface area (Å²) in [4.78, 5) is 4.67. The van der Waals surface area contributed by atoms with Crippen LogP contribution in [0.4, 0.5) is 10.1 Å². The molecule has 1 fully saturated rings. The van der Waals surface area contributed by atoms with E-state index in [2.05, 4.69) is 32.4 Å². The van der Waals surface area contributed by atoms with E-state index in [0.717, 1.165) is 38.3 Å². The first kappa shape index (κ1) is 25.9. The first-order valence-electron chi connectivity index (χ1n) is 11.8. The Bertz CT molecular complexity index is 1170. The van der Waals surface area contributed by atoms with E-state index in [1.54, 1.807) is 20.3 Å². The molecule has 0 aliphatic carbocycles. The molecule has 2 heterocycles. The van der Waals surface area contributed by atoms with Gasteiger partial charge in [0.15, 0.2) is 0 Å². The highest BCUT2D eigenvalue weighted by molar-refractivity contribution is 6.30. The van der Waals surface area contributed by atoms with Gasteiger partial charge in [0.2, 0.25) is 0 Å². The van der Waals surface area contributed by atoms with Gasteiger partial charge < -0.3 is 24.4 Å². The fraction of sp³-hybridized carbons (Fsp3) is 0.385. The molecule has 192 valence electrons. The van der Waals surface area contributed by atoms with Gasteiger partial charge in [-0.2, -0.15) is 0 Å². The van der Waals surface area contributed by atoms with Crippen LogP contribution in [0.1, 0.15) is 5.56 Å². The third kappa shape index (κ3) is 6.54. The molecule has 8 nitrogen and oxygen atoms in total. The Hall–Kier alpha value is -3.14. The summed E-state index contributed by atoms with van der Waals surface area (Å²) in [5.41, 5.74) is 2.12. The molecular weight excluding hydrogens is 485 g/mol. The normalized spacial score (nSPS) is 14.5. The average Bonchev–Trinajstić information content (AvgIpc) is 2.90. The number of aromatic nitrogens is 2. The standard InChI is InChI=1S/C26H31ClFN5O3/c1-32-8-10-33(11-9-32)12-13-36-26-24(29-17-18-4-6-20(34-2)15-25(18)35-3)16-23(30-31-26)21-14-19(27)5-7-22(21)28/h4-7,14-16H,8-13,17H2,1-3H3,(H,29,30). The number of rotatable bonds is 10. The second-order valence-electron chi connectivity index (χ2n) is 8.60. The molecule has 4 rings (SSSR count). The van der Waals surface area contributed by atoms with E-state index in [4.69, 9.17) is 25.8 Å². The molecule has 0 bridgehead atoms. The Kier molecular flexibility index (Phi) is 8.79. The van der Waals surface area contributed by atoms with Gasteiger partial charge in [-0.3, -0.25) is 4.90 Å². The van der Waals surface area contributed by atoms with Crippen molar-refractivity contribution in [1.29, 1.82) is 0 Å². The molecule has 0 saturated carbocycles. The summed E-state index contributed by atoms with van der Waals surface area (Å²) in [5.74, 6) is 1.30. The lowest BCUT2D eigenvalue weighted by atomic mass is 10.1. The summed E-state index contributed by atoms with van der Waals surface area (Å²) in [5, 5.41) is 12.3. The number of nitrogens with zero attached hydrogens (tertiary/aromatic N) is 4. The van der Waals surface area contributed by atoms with Crippen molar-refractivity contribution >= 4 is 17.3 Å². The van der Waals surface area contributed by atoms with E-state index in [1.165, 1.54) is 18.2 Å². The van der Waals surface area contributed by atoms with Crippen LogP contribution < -0.4 is 19.5 Å².